The van der Waals surface area contributed by atoms with Gasteiger partial charge in [0.25, 0.3) is 0 Å². The maximum Gasteiger partial charge on any atom is 0.133 e. The third kappa shape index (κ3) is 1.83. The van der Waals surface area contributed by atoms with Crippen molar-refractivity contribution in [3.8, 4) is 0 Å². The second-order valence-corrected chi connectivity index (χ2v) is 8.43. The highest BCUT2D eigenvalue weighted by atomic mass is 16.1. The van der Waals surface area contributed by atoms with Crippen LogP contribution in [0.25, 0.3) is 0 Å². The predicted octanol–water partition coefficient (Wildman–Crippen LogP) is 4.84. The van der Waals surface area contributed by atoms with Gasteiger partial charge in [0.1, 0.15) is 5.78 Å². The van der Waals surface area contributed by atoms with E-state index in [2.05, 4.69) is 27.7 Å². The minimum atomic E-state index is 0.498. The fourth-order valence-electron chi connectivity index (χ4n) is 5.89. The fraction of sp³-hybridized carbons (Fsp3) is 0.944. The van der Waals surface area contributed by atoms with Gasteiger partial charge in [-0.25, -0.2) is 0 Å². The molecule has 3 saturated carbocycles. The lowest BCUT2D eigenvalue weighted by Gasteiger charge is -2.44. The molecule has 0 N–H and O–H groups in total. The van der Waals surface area contributed by atoms with Gasteiger partial charge in [0.05, 0.1) is 0 Å². The average Bonchev–Trinajstić information content (AvgIpc) is 2.70. The van der Waals surface area contributed by atoms with Gasteiger partial charge in [-0.3, -0.25) is 4.79 Å². The summed E-state index contributed by atoms with van der Waals surface area (Å²) in [6, 6.07) is 0. The second kappa shape index (κ2) is 4.33. The van der Waals surface area contributed by atoms with E-state index < -0.39 is 0 Å². The van der Waals surface area contributed by atoms with E-state index in [-0.39, 0.29) is 0 Å². The van der Waals surface area contributed by atoms with Crippen LogP contribution in [0.3, 0.4) is 0 Å². The van der Waals surface area contributed by atoms with Crippen LogP contribution >= 0.6 is 0 Å². The number of rotatable bonds is 2. The zero-order valence-electron chi connectivity index (χ0n) is 13.2. The minimum Gasteiger partial charge on any atom is -0.300 e. The zero-order chi connectivity index (χ0) is 13.8. The molecule has 3 aliphatic carbocycles. The Kier molecular flexibility index (Phi) is 3.11. The van der Waals surface area contributed by atoms with Gasteiger partial charge in [0.15, 0.2) is 0 Å². The van der Waals surface area contributed by atoms with E-state index in [0.29, 0.717) is 28.4 Å². The van der Waals surface area contributed by atoms with Gasteiger partial charge >= 0.3 is 0 Å². The van der Waals surface area contributed by atoms with Crippen molar-refractivity contribution < 1.29 is 4.79 Å². The Bertz CT molecular complexity index is 383. The van der Waals surface area contributed by atoms with E-state index in [1.807, 2.05) is 0 Å². The molecule has 0 amide bonds. The molecule has 3 rings (SSSR count). The van der Waals surface area contributed by atoms with Crippen LogP contribution < -0.4 is 0 Å². The summed E-state index contributed by atoms with van der Waals surface area (Å²) < 4.78 is 0. The third-order valence-corrected chi connectivity index (χ3v) is 7.65. The largest absolute Gasteiger partial charge is 0.300 e. The highest BCUT2D eigenvalue weighted by Gasteiger charge is 2.62. The van der Waals surface area contributed by atoms with Crippen LogP contribution in [-0.4, -0.2) is 5.78 Å². The summed E-state index contributed by atoms with van der Waals surface area (Å²) >= 11 is 0. The van der Waals surface area contributed by atoms with Crippen LogP contribution in [0, 0.1) is 34.5 Å². The Morgan fingerprint density at radius 1 is 1.16 bits per heavy atom. The number of Topliss-reactive ketones (excluding diaryl/α,β-unsaturated/α-hetero) is 1. The highest BCUT2D eigenvalue weighted by molar-refractivity contribution is 5.79. The first kappa shape index (κ1) is 13.6. The monoisotopic (exact) mass is 262 g/mol. The number of fused-ring (bicyclic) bond motifs is 2. The van der Waals surface area contributed by atoms with Crippen molar-refractivity contribution in [3.63, 3.8) is 0 Å². The molecule has 108 valence electrons. The maximum absolute atomic E-state index is 12.1. The summed E-state index contributed by atoms with van der Waals surface area (Å²) in [5, 5.41) is 0. The van der Waals surface area contributed by atoms with Crippen LogP contribution in [0.4, 0.5) is 0 Å². The summed E-state index contributed by atoms with van der Waals surface area (Å²) in [5.74, 6) is 3.66. The normalized spacial score (nSPS) is 48.7. The molecule has 0 aliphatic heterocycles. The lowest BCUT2D eigenvalue weighted by Crippen LogP contribution is -2.39. The predicted molar refractivity (Wildman–Crippen MR) is 78.8 cm³/mol. The summed E-state index contributed by atoms with van der Waals surface area (Å²) in [7, 11) is 0. The van der Waals surface area contributed by atoms with Crippen LogP contribution in [0.1, 0.15) is 72.6 Å². The zero-order valence-corrected chi connectivity index (χ0v) is 13.2. The standard InChI is InChI=1S/C18H30O/c1-5-12-8-13(10-15(19)9-12)16-11-14-6-7-18(16,4)17(14,2)3/h12-14,16H,5-11H2,1-4H3/t12?,13?,14-,16+,18+/m0/s1. The molecule has 3 fully saturated rings. The van der Waals surface area contributed by atoms with Gasteiger partial charge in [-0.2, -0.15) is 0 Å². The fourth-order valence-corrected chi connectivity index (χ4v) is 5.89. The number of carbonyl (C=O) groups is 1. The number of carbonyl (C=O) groups excluding carboxylic acids is 1. The summed E-state index contributed by atoms with van der Waals surface area (Å²) in [6.45, 7) is 9.77. The van der Waals surface area contributed by atoms with Gasteiger partial charge in [0, 0.05) is 12.8 Å². The van der Waals surface area contributed by atoms with Crippen molar-refractivity contribution in [1.29, 1.82) is 0 Å². The number of ketones is 1. The van der Waals surface area contributed by atoms with E-state index >= 15 is 0 Å². The molecule has 2 unspecified atom stereocenters. The molecule has 0 heterocycles. The average molecular weight is 262 g/mol. The topological polar surface area (TPSA) is 17.1 Å². The van der Waals surface area contributed by atoms with Gasteiger partial charge < -0.3 is 0 Å². The molecule has 19 heavy (non-hydrogen) atoms. The number of hydrogen-bond acceptors (Lipinski definition) is 1. The molecule has 1 nitrogen and oxygen atoms in total. The first-order chi connectivity index (χ1) is 8.88. The van der Waals surface area contributed by atoms with Crippen molar-refractivity contribution in [3.05, 3.63) is 0 Å². The smallest absolute Gasteiger partial charge is 0.133 e. The Hall–Kier alpha value is -0.330. The Morgan fingerprint density at radius 3 is 2.42 bits per heavy atom. The molecule has 0 radical (unpaired) electrons. The van der Waals surface area contributed by atoms with Crippen LogP contribution in [-0.2, 0) is 4.79 Å². The van der Waals surface area contributed by atoms with Crippen molar-refractivity contribution in [2.75, 3.05) is 0 Å². The van der Waals surface area contributed by atoms with Crippen molar-refractivity contribution in [2.45, 2.75) is 72.6 Å². The van der Waals surface area contributed by atoms with E-state index in [4.69, 9.17) is 0 Å². The van der Waals surface area contributed by atoms with E-state index in [9.17, 15) is 4.79 Å². The van der Waals surface area contributed by atoms with Crippen molar-refractivity contribution in [1.82, 2.24) is 0 Å². The maximum atomic E-state index is 12.1. The van der Waals surface area contributed by atoms with Crippen LogP contribution in [0.5, 0.6) is 0 Å². The quantitative estimate of drug-likeness (QED) is 0.695. The lowest BCUT2D eigenvalue weighted by atomic mass is 9.60. The van der Waals surface area contributed by atoms with Crippen LogP contribution in [0.15, 0.2) is 0 Å². The molecule has 0 spiro atoms. The van der Waals surface area contributed by atoms with Gasteiger partial charge in [-0.15, -0.1) is 0 Å². The minimum absolute atomic E-state index is 0.498. The first-order valence-electron chi connectivity index (χ1n) is 8.40. The van der Waals surface area contributed by atoms with E-state index in [1.165, 1.54) is 32.1 Å². The SMILES string of the molecule is CCC1CC(=O)CC([C@H]2C[C@@H]3CC[C@@]2(C)C3(C)C)C1. The van der Waals surface area contributed by atoms with Gasteiger partial charge in [0.2, 0.25) is 0 Å². The van der Waals surface area contributed by atoms with Gasteiger partial charge in [-0.05, 0) is 60.2 Å². The molecule has 0 aromatic carbocycles. The van der Waals surface area contributed by atoms with Gasteiger partial charge in [-0.1, -0.05) is 34.1 Å². The summed E-state index contributed by atoms with van der Waals surface area (Å²) in [6.07, 6.45) is 8.50. The molecule has 3 aliphatic rings. The van der Waals surface area contributed by atoms with Crippen LogP contribution in [0.2, 0.25) is 0 Å². The summed E-state index contributed by atoms with van der Waals surface area (Å²) in [4.78, 5) is 12.1. The lowest BCUT2D eigenvalue weighted by molar-refractivity contribution is -0.124. The van der Waals surface area contributed by atoms with Crippen molar-refractivity contribution >= 4 is 5.78 Å². The second-order valence-electron chi connectivity index (χ2n) is 8.43. The van der Waals surface area contributed by atoms with Crippen molar-refractivity contribution in [2.24, 2.45) is 34.5 Å². The van der Waals surface area contributed by atoms with E-state index in [0.717, 1.165) is 24.7 Å². The van der Waals surface area contributed by atoms with E-state index in [1.54, 1.807) is 0 Å². The molecular weight excluding hydrogens is 232 g/mol. The molecule has 2 bridgehead atoms. The highest BCUT2D eigenvalue weighted by Crippen LogP contribution is 2.70. The molecule has 1 heteroatoms. The molecular formula is C18H30O. The summed E-state index contributed by atoms with van der Waals surface area (Å²) in [5.41, 5.74) is 0.998. The molecule has 0 aromatic rings. The Balaban J connectivity index is 1.82. The number of hydrogen-bond donors (Lipinski definition) is 0. The Morgan fingerprint density at radius 2 is 1.89 bits per heavy atom. The molecule has 0 aromatic heterocycles. The Labute approximate surface area is 118 Å². The molecule has 0 saturated heterocycles. The first-order valence-corrected chi connectivity index (χ1v) is 8.40. The molecule has 5 atom stereocenters. The third-order valence-electron chi connectivity index (χ3n) is 7.65.